The van der Waals surface area contributed by atoms with E-state index in [2.05, 4.69) is 32.3 Å². The number of rotatable bonds is 9. The number of ether oxygens (including phenoxy) is 1. The van der Waals surface area contributed by atoms with E-state index in [0.717, 1.165) is 77.0 Å². The highest BCUT2D eigenvalue weighted by molar-refractivity contribution is 5.06. The van der Waals surface area contributed by atoms with Crippen molar-refractivity contribution in [3.05, 3.63) is 41.9 Å². The van der Waals surface area contributed by atoms with E-state index in [1.54, 1.807) is 0 Å². The molecule has 2 aromatic heterocycles. The van der Waals surface area contributed by atoms with Gasteiger partial charge in [0.25, 0.3) is 0 Å². The third-order valence-electron chi connectivity index (χ3n) is 4.75. The summed E-state index contributed by atoms with van der Waals surface area (Å²) in [6, 6.07) is 4.12. The lowest BCUT2D eigenvalue weighted by atomic mass is 10.3. The molecule has 0 atom stereocenters. The summed E-state index contributed by atoms with van der Waals surface area (Å²) in [5.74, 6) is 2.01. The summed E-state index contributed by atoms with van der Waals surface area (Å²) in [5, 5.41) is 0. The minimum atomic E-state index is 0.839. The molecule has 138 valence electrons. The van der Waals surface area contributed by atoms with Gasteiger partial charge >= 0.3 is 0 Å². The molecule has 25 heavy (non-hydrogen) atoms. The molecule has 0 N–H and O–H groups in total. The van der Waals surface area contributed by atoms with E-state index >= 15 is 0 Å². The molecular weight excluding hydrogens is 316 g/mol. The minimum absolute atomic E-state index is 0.839. The van der Waals surface area contributed by atoms with Crippen molar-refractivity contribution in [1.29, 1.82) is 0 Å². The first kappa shape index (κ1) is 18.2. The lowest BCUT2D eigenvalue weighted by Gasteiger charge is -2.28. The molecule has 0 aromatic carbocycles. The fraction of sp³-hybridized carbons (Fsp3) is 0.632. The molecule has 1 fully saturated rings. The van der Waals surface area contributed by atoms with Crippen molar-refractivity contribution in [1.82, 2.24) is 19.4 Å². The highest BCUT2D eigenvalue weighted by atomic mass is 16.5. The average molecular weight is 346 g/mol. The quantitative estimate of drug-likeness (QED) is 0.698. The van der Waals surface area contributed by atoms with Crippen LogP contribution in [0.3, 0.4) is 0 Å². The van der Waals surface area contributed by atoms with Gasteiger partial charge in [0, 0.05) is 38.9 Å². The predicted molar refractivity (Wildman–Crippen MR) is 97.3 cm³/mol. The summed E-state index contributed by atoms with van der Waals surface area (Å²) in [4.78, 5) is 9.26. The number of nitrogens with zero attached hydrogens (tertiary/aromatic N) is 4. The van der Waals surface area contributed by atoms with Crippen LogP contribution in [0.25, 0.3) is 0 Å². The number of hydrogen-bond acceptors (Lipinski definition) is 5. The zero-order valence-corrected chi connectivity index (χ0v) is 15.5. The van der Waals surface area contributed by atoms with Gasteiger partial charge in [0.2, 0.25) is 0 Å². The summed E-state index contributed by atoms with van der Waals surface area (Å²) in [5.41, 5.74) is 1.26. The smallest absolute Gasteiger partial charge is 0.118 e. The van der Waals surface area contributed by atoms with Crippen LogP contribution < -0.4 is 0 Å². The van der Waals surface area contributed by atoms with Crippen molar-refractivity contribution in [3.8, 4) is 0 Å². The molecule has 0 radical (unpaired) electrons. The topological polar surface area (TPSA) is 46.7 Å². The Hall–Kier alpha value is -1.63. The number of aryl methyl sites for hydroxylation is 2. The normalized spacial score (nSPS) is 16.0. The van der Waals surface area contributed by atoms with Gasteiger partial charge in [-0.1, -0.05) is 0 Å². The van der Waals surface area contributed by atoms with E-state index in [9.17, 15) is 0 Å². The monoisotopic (exact) mass is 346 g/mol. The average Bonchev–Trinajstić information content (AvgIpc) is 3.24. The molecule has 3 heterocycles. The maximum Gasteiger partial charge on any atom is 0.118 e. The van der Waals surface area contributed by atoms with Crippen molar-refractivity contribution in [2.24, 2.45) is 0 Å². The van der Waals surface area contributed by atoms with Gasteiger partial charge in [-0.25, -0.2) is 4.98 Å². The van der Waals surface area contributed by atoms with Crippen LogP contribution in [0.15, 0.2) is 29.1 Å². The Morgan fingerprint density at radius 2 is 2.04 bits per heavy atom. The largest absolute Gasteiger partial charge is 0.465 e. The summed E-state index contributed by atoms with van der Waals surface area (Å²) < 4.78 is 13.4. The number of aromatic nitrogens is 2. The van der Waals surface area contributed by atoms with Gasteiger partial charge < -0.3 is 13.7 Å². The van der Waals surface area contributed by atoms with Gasteiger partial charge in [-0.3, -0.25) is 9.80 Å². The fourth-order valence-corrected chi connectivity index (χ4v) is 3.34. The number of furan rings is 1. The molecule has 1 aliphatic heterocycles. The van der Waals surface area contributed by atoms with E-state index in [1.165, 1.54) is 5.69 Å². The zero-order valence-electron chi connectivity index (χ0n) is 15.5. The first-order chi connectivity index (χ1) is 12.2. The van der Waals surface area contributed by atoms with Gasteiger partial charge in [-0.2, -0.15) is 0 Å². The van der Waals surface area contributed by atoms with Gasteiger partial charge in [0.15, 0.2) is 0 Å². The second-order valence-electron chi connectivity index (χ2n) is 6.70. The SMILES string of the molecule is CCn1cncc1CN(CCCN1CCOCC1)Cc1ccc(C)o1. The molecule has 3 rings (SSSR count). The standard InChI is InChI=1S/C19H30N4O2/c1-3-23-16-20-13-18(23)14-22(15-19-6-5-17(2)25-19)8-4-7-21-9-11-24-12-10-21/h5-6,13,16H,3-4,7-12,14-15H2,1-2H3. The van der Waals surface area contributed by atoms with Gasteiger partial charge in [0.1, 0.15) is 11.5 Å². The van der Waals surface area contributed by atoms with Crippen LogP contribution in [0, 0.1) is 6.92 Å². The maximum absolute atomic E-state index is 5.79. The fourth-order valence-electron chi connectivity index (χ4n) is 3.34. The molecule has 6 heteroatoms. The Bertz CT molecular complexity index is 631. The van der Waals surface area contributed by atoms with Crippen molar-refractivity contribution in [3.63, 3.8) is 0 Å². The van der Waals surface area contributed by atoms with E-state index < -0.39 is 0 Å². The Morgan fingerprint density at radius 3 is 2.76 bits per heavy atom. The van der Waals surface area contributed by atoms with E-state index in [-0.39, 0.29) is 0 Å². The second kappa shape index (κ2) is 9.17. The molecule has 0 amide bonds. The van der Waals surface area contributed by atoms with Gasteiger partial charge in [-0.05, 0) is 38.9 Å². The summed E-state index contributed by atoms with van der Waals surface area (Å²) in [6.07, 6.45) is 5.05. The van der Waals surface area contributed by atoms with Crippen molar-refractivity contribution in [2.45, 2.75) is 39.9 Å². The summed E-state index contributed by atoms with van der Waals surface area (Å²) in [6.45, 7) is 12.9. The maximum atomic E-state index is 5.79. The number of hydrogen-bond donors (Lipinski definition) is 0. The lowest BCUT2D eigenvalue weighted by molar-refractivity contribution is 0.0357. The molecule has 2 aromatic rings. The Balaban J connectivity index is 1.57. The Labute approximate surface area is 150 Å². The van der Waals surface area contributed by atoms with Crippen LogP contribution in [0.5, 0.6) is 0 Å². The van der Waals surface area contributed by atoms with Crippen molar-refractivity contribution < 1.29 is 9.15 Å². The molecule has 0 saturated carbocycles. The number of imidazole rings is 1. The minimum Gasteiger partial charge on any atom is -0.465 e. The van der Waals surface area contributed by atoms with Crippen LogP contribution >= 0.6 is 0 Å². The molecule has 0 unspecified atom stereocenters. The van der Waals surface area contributed by atoms with Gasteiger partial charge in [-0.15, -0.1) is 0 Å². The molecule has 1 saturated heterocycles. The molecule has 1 aliphatic rings. The van der Waals surface area contributed by atoms with Crippen LogP contribution in [-0.4, -0.2) is 58.7 Å². The summed E-state index contributed by atoms with van der Waals surface area (Å²) in [7, 11) is 0. The molecule has 0 spiro atoms. The van der Waals surface area contributed by atoms with E-state index in [1.807, 2.05) is 25.5 Å². The third-order valence-corrected chi connectivity index (χ3v) is 4.75. The molecule has 6 nitrogen and oxygen atoms in total. The molecule has 0 aliphatic carbocycles. The summed E-state index contributed by atoms with van der Waals surface area (Å²) >= 11 is 0. The Kier molecular flexibility index (Phi) is 6.67. The highest BCUT2D eigenvalue weighted by Crippen LogP contribution is 2.13. The van der Waals surface area contributed by atoms with Crippen molar-refractivity contribution >= 4 is 0 Å². The van der Waals surface area contributed by atoms with E-state index in [0.29, 0.717) is 0 Å². The highest BCUT2D eigenvalue weighted by Gasteiger charge is 2.14. The first-order valence-electron chi connectivity index (χ1n) is 9.31. The van der Waals surface area contributed by atoms with Crippen molar-refractivity contribution in [2.75, 3.05) is 39.4 Å². The Morgan fingerprint density at radius 1 is 1.20 bits per heavy atom. The second-order valence-corrected chi connectivity index (χ2v) is 6.70. The first-order valence-corrected chi connectivity index (χ1v) is 9.31. The molecule has 0 bridgehead atoms. The predicted octanol–water partition coefficient (Wildman–Crippen LogP) is 2.53. The zero-order chi connectivity index (χ0) is 17.5. The van der Waals surface area contributed by atoms with Crippen LogP contribution in [0.2, 0.25) is 0 Å². The van der Waals surface area contributed by atoms with Crippen LogP contribution in [-0.2, 0) is 24.4 Å². The molecular formula is C19H30N4O2. The lowest BCUT2D eigenvalue weighted by Crippen LogP contribution is -2.38. The third kappa shape index (κ3) is 5.42. The number of morpholine rings is 1. The van der Waals surface area contributed by atoms with E-state index in [4.69, 9.17) is 9.15 Å². The van der Waals surface area contributed by atoms with Crippen LogP contribution in [0.1, 0.15) is 30.6 Å². The van der Waals surface area contributed by atoms with Crippen LogP contribution in [0.4, 0.5) is 0 Å². The van der Waals surface area contributed by atoms with Gasteiger partial charge in [0.05, 0.1) is 31.8 Å².